The van der Waals surface area contributed by atoms with Crippen molar-refractivity contribution in [3.05, 3.63) is 50.8 Å². The van der Waals surface area contributed by atoms with E-state index in [1.165, 1.54) is 21.0 Å². The molecule has 1 aromatic carbocycles. The third-order valence-corrected chi connectivity index (χ3v) is 5.32. The first-order chi connectivity index (χ1) is 11.1. The van der Waals surface area contributed by atoms with Crippen LogP contribution in [0.1, 0.15) is 5.69 Å². The van der Waals surface area contributed by atoms with Gasteiger partial charge >= 0.3 is 5.69 Å². The molecule has 0 saturated heterocycles. The molecule has 0 bridgehead atoms. The van der Waals surface area contributed by atoms with Crippen molar-refractivity contribution in [1.29, 1.82) is 0 Å². The van der Waals surface area contributed by atoms with Gasteiger partial charge in [0.25, 0.3) is 15.6 Å². The molecule has 24 heavy (non-hydrogen) atoms. The van der Waals surface area contributed by atoms with Crippen LogP contribution >= 0.6 is 0 Å². The molecule has 1 N–H and O–H groups in total. The molecule has 0 amide bonds. The van der Waals surface area contributed by atoms with Crippen LogP contribution < -0.4 is 20.9 Å². The molecule has 130 valence electrons. The summed E-state index contributed by atoms with van der Waals surface area (Å²) in [6.45, 7) is 1.42. The van der Waals surface area contributed by atoms with E-state index in [0.717, 1.165) is 14.8 Å². The summed E-state index contributed by atoms with van der Waals surface area (Å²) in [4.78, 5) is 25.6. The minimum Gasteiger partial charge on any atom is -0.378 e. The summed E-state index contributed by atoms with van der Waals surface area (Å²) < 4.78 is 29.5. The molecule has 9 heteroatoms. The summed E-state index contributed by atoms with van der Waals surface area (Å²) in [5.41, 5.74) is -0.108. The smallest absolute Gasteiger partial charge is 0.330 e. The second-order valence-corrected chi connectivity index (χ2v) is 7.29. The van der Waals surface area contributed by atoms with E-state index < -0.39 is 26.2 Å². The Morgan fingerprint density at radius 1 is 1.00 bits per heavy atom. The van der Waals surface area contributed by atoms with Gasteiger partial charge in [0.2, 0.25) is 0 Å². The molecule has 2 aromatic rings. The van der Waals surface area contributed by atoms with Gasteiger partial charge in [0, 0.05) is 45.3 Å². The lowest BCUT2D eigenvalue weighted by molar-refractivity contribution is 0.583. The third kappa shape index (κ3) is 3.07. The Hall–Kier alpha value is -2.55. The van der Waals surface area contributed by atoms with Crippen LogP contribution in [-0.2, 0) is 24.1 Å². The number of anilines is 2. The number of hydrogen-bond donors (Lipinski definition) is 1. The number of aromatic nitrogens is 2. The van der Waals surface area contributed by atoms with Crippen LogP contribution in [0.2, 0.25) is 0 Å². The van der Waals surface area contributed by atoms with Gasteiger partial charge in [-0.05, 0) is 31.2 Å². The Balaban J connectivity index is 2.53. The Morgan fingerprint density at radius 2 is 1.54 bits per heavy atom. The van der Waals surface area contributed by atoms with E-state index in [-0.39, 0.29) is 5.69 Å². The van der Waals surface area contributed by atoms with E-state index in [9.17, 15) is 18.0 Å². The van der Waals surface area contributed by atoms with Gasteiger partial charge < -0.3 is 4.90 Å². The van der Waals surface area contributed by atoms with E-state index in [0.29, 0.717) is 5.69 Å². The first-order valence-electron chi connectivity index (χ1n) is 7.13. The van der Waals surface area contributed by atoms with E-state index in [4.69, 9.17) is 0 Å². The summed E-state index contributed by atoms with van der Waals surface area (Å²) in [6.07, 6.45) is 0. The fourth-order valence-corrected chi connectivity index (χ4v) is 3.70. The number of hydrogen-bond acceptors (Lipinski definition) is 5. The second-order valence-electron chi connectivity index (χ2n) is 5.67. The first kappa shape index (κ1) is 17.8. The topological polar surface area (TPSA) is 93.4 Å². The second kappa shape index (κ2) is 6.16. The molecule has 0 saturated carbocycles. The molecule has 0 radical (unpaired) electrons. The number of sulfonamides is 1. The zero-order valence-electron chi connectivity index (χ0n) is 14.2. The molecule has 1 heterocycles. The zero-order chi connectivity index (χ0) is 18.2. The van der Waals surface area contributed by atoms with Crippen molar-refractivity contribution in [3.63, 3.8) is 0 Å². The minimum atomic E-state index is -4.13. The Kier molecular flexibility index (Phi) is 4.57. The fraction of sp³-hybridized carbons (Fsp3) is 0.333. The highest BCUT2D eigenvalue weighted by Crippen LogP contribution is 2.19. The monoisotopic (exact) mass is 352 g/mol. The number of rotatable bonds is 4. The van der Waals surface area contributed by atoms with Crippen molar-refractivity contribution < 1.29 is 8.42 Å². The highest BCUT2D eigenvalue weighted by atomic mass is 32.2. The van der Waals surface area contributed by atoms with Crippen LogP contribution in [0.5, 0.6) is 0 Å². The number of nitrogens with zero attached hydrogens (tertiary/aromatic N) is 3. The van der Waals surface area contributed by atoms with Gasteiger partial charge in [-0.1, -0.05) is 0 Å². The predicted molar refractivity (Wildman–Crippen MR) is 93.2 cm³/mol. The van der Waals surface area contributed by atoms with Gasteiger partial charge in [0.1, 0.15) is 0 Å². The minimum absolute atomic E-state index is 0.0838. The molecular formula is C15H20N4O4S. The van der Waals surface area contributed by atoms with Gasteiger partial charge in [-0.25, -0.2) is 13.2 Å². The van der Waals surface area contributed by atoms with Crippen LogP contribution in [0.25, 0.3) is 0 Å². The molecule has 0 fully saturated rings. The Bertz CT molecular complexity index is 986. The van der Waals surface area contributed by atoms with Crippen LogP contribution in [0.3, 0.4) is 0 Å². The maximum atomic E-state index is 12.6. The number of benzene rings is 1. The lowest BCUT2D eigenvalue weighted by Gasteiger charge is -2.15. The molecule has 0 aliphatic carbocycles. The molecule has 0 aliphatic rings. The molecule has 1 aromatic heterocycles. The molecule has 0 aliphatic heterocycles. The Morgan fingerprint density at radius 3 is 2.04 bits per heavy atom. The van der Waals surface area contributed by atoms with Crippen molar-refractivity contribution >= 4 is 21.4 Å². The summed E-state index contributed by atoms with van der Waals surface area (Å²) in [7, 11) is 2.28. The van der Waals surface area contributed by atoms with Crippen LogP contribution in [-0.4, -0.2) is 31.6 Å². The highest BCUT2D eigenvalue weighted by Gasteiger charge is 2.25. The molecule has 8 nitrogen and oxygen atoms in total. The maximum absolute atomic E-state index is 12.6. The molecule has 0 atom stereocenters. The lowest BCUT2D eigenvalue weighted by Crippen LogP contribution is -2.42. The van der Waals surface area contributed by atoms with Gasteiger partial charge in [0.05, 0.1) is 0 Å². The van der Waals surface area contributed by atoms with Crippen molar-refractivity contribution in [2.24, 2.45) is 14.1 Å². The van der Waals surface area contributed by atoms with Crippen molar-refractivity contribution in [1.82, 2.24) is 9.13 Å². The fourth-order valence-electron chi connectivity index (χ4n) is 2.26. The number of nitrogens with one attached hydrogen (secondary N) is 1. The normalized spacial score (nSPS) is 11.4. The highest BCUT2D eigenvalue weighted by molar-refractivity contribution is 7.92. The van der Waals surface area contributed by atoms with Gasteiger partial charge in [-0.3, -0.25) is 18.7 Å². The third-order valence-electron chi connectivity index (χ3n) is 3.81. The zero-order valence-corrected chi connectivity index (χ0v) is 15.0. The van der Waals surface area contributed by atoms with Crippen LogP contribution in [0.4, 0.5) is 11.4 Å². The molecule has 2 rings (SSSR count). The Labute approximate surface area is 140 Å². The molecule has 0 unspecified atom stereocenters. The van der Waals surface area contributed by atoms with E-state index >= 15 is 0 Å². The summed E-state index contributed by atoms with van der Waals surface area (Å²) in [5, 5.41) is 0. The van der Waals surface area contributed by atoms with Crippen LogP contribution in [0.15, 0.2) is 38.8 Å². The van der Waals surface area contributed by atoms with Gasteiger partial charge in [0.15, 0.2) is 4.90 Å². The quantitative estimate of drug-likeness (QED) is 0.852. The van der Waals surface area contributed by atoms with Gasteiger partial charge in [-0.2, -0.15) is 0 Å². The van der Waals surface area contributed by atoms with Crippen LogP contribution in [0, 0.1) is 6.92 Å². The van der Waals surface area contributed by atoms with Gasteiger partial charge in [-0.15, -0.1) is 0 Å². The van der Waals surface area contributed by atoms with E-state index in [1.807, 2.05) is 19.0 Å². The van der Waals surface area contributed by atoms with Crippen molar-refractivity contribution in [2.45, 2.75) is 11.8 Å². The summed E-state index contributed by atoms with van der Waals surface area (Å²) in [5.74, 6) is 0. The summed E-state index contributed by atoms with van der Waals surface area (Å²) >= 11 is 0. The summed E-state index contributed by atoms with van der Waals surface area (Å²) in [6, 6.07) is 6.72. The first-order valence-corrected chi connectivity index (χ1v) is 8.61. The van der Waals surface area contributed by atoms with Crippen molar-refractivity contribution in [2.75, 3.05) is 23.7 Å². The predicted octanol–water partition coefficient (Wildman–Crippen LogP) is 0.259. The SMILES string of the molecule is Cc1c(S(=O)(=O)Nc2ccc(N(C)C)cc2)c(=O)n(C)c(=O)n1C. The van der Waals surface area contributed by atoms with E-state index in [1.54, 1.807) is 24.3 Å². The van der Waals surface area contributed by atoms with E-state index in [2.05, 4.69) is 4.72 Å². The maximum Gasteiger partial charge on any atom is 0.330 e. The van der Waals surface area contributed by atoms with Crippen molar-refractivity contribution in [3.8, 4) is 0 Å². The largest absolute Gasteiger partial charge is 0.378 e. The molecular weight excluding hydrogens is 332 g/mol. The standard InChI is InChI=1S/C15H20N4O4S/c1-10-13(14(20)19(5)15(21)18(10)4)24(22,23)16-11-6-8-12(9-7-11)17(2)3/h6-9,16H,1-5H3. The average molecular weight is 352 g/mol. The molecule has 0 spiro atoms. The lowest BCUT2D eigenvalue weighted by atomic mass is 10.3. The average Bonchev–Trinajstić information content (AvgIpc) is 2.51.